The molecule has 0 aromatic heterocycles. The van der Waals surface area contributed by atoms with E-state index in [2.05, 4.69) is 21.2 Å². The van der Waals surface area contributed by atoms with E-state index in [1.54, 1.807) is 24.3 Å². The minimum Gasteiger partial charge on any atom is -0.495 e. The van der Waals surface area contributed by atoms with Crippen molar-refractivity contribution in [1.29, 1.82) is 0 Å². The summed E-state index contributed by atoms with van der Waals surface area (Å²) in [5.74, 6) is 0.574. The van der Waals surface area contributed by atoms with Crippen LogP contribution in [0.5, 0.6) is 5.75 Å². The van der Waals surface area contributed by atoms with E-state index in [4.69, 9.17) is 10.5 Å². The minimum atomic E-state index is -0.512. The molecule has 7 heteroatoms. The van der Waals surface area contributed by atoms with Gasteiger partial charge in [0.2, 0.25) is 0 Å². The Kier molecular flexibility index (Phi) is 4.09. The van der Waals surface area contributed by atoms with Crippen LogP contribution in [0.1, 0.15) is 0 Å². The molecule has 0 bridgehead atoms. The number of nitro benzene ring substituents is 1. The summed E-state index contributed by atoms with van der Waals surface area (Å²) in [6.45, 7) is 0. The lowest BCUT2D eigenvalue weighted by atomic mass is 10.2. The van der Waals surface area contributed by atoms with Gasteiger partial charge in [0.1, 0.15) is 17.1 Å². The number of hydrogen-bond acceptors (Lipinski definition) is 5. The number of methoxy groups -OCH3 is 1. The standard InChI is InChI=1S/C13H12BrN3O3/c1-20-12-6-5-8(14)7-11(12)16-10-4-2-3-9(15)13(10)17(18)19/h2-7,16H,15H2,1H3. The summed E-state index contributed by atoms with van der Waals surface area (Å²) in [6, 6.07) is 10.1. The molecule has 6 nitrogen and oxygen atoms in total. The summed E-state index contributed by atoms with van der Waals surface area (Å²) in [7, 11) is 1.53. The number of halogens is 1. The smallest absolute Gasteiger partial charge is 0.315 e. The monoisotopic (exact) mass is 337 g/mol. The van der Waals surface area contributed by atoms with Gasteiger partial charge in [-0.1, -0.05) is 22.0 Å². The Labute approximate surface area is 123 Å². The van der Waals surface area contributed by atoms with E-state index in [9.17, 15) is 10.1 Å². The van der Waals surface area contributed by atoms with E-state index < -0.39 is 4.92 Å². The molecular formula is C13H12BrN3O3. The van der Waals surface area contributed by atoms with Crippen molar-refractivity contribution >= 4 is 38.7 Å². The van der Waals surface area contributed by atoms with Crippen LogP contribution < -0.4 is 15.8 Å². The fourth-order valence-corrected chi connectivity index (χ4v) is 2.15. The molecule has 2 aromatic rings. The highest BCUT2D eigenvalue weighted by Crippen LogP contribution is 2.36. The van der Waals surface area contributed by atoms with Crippen LogP contribution in [0, 0.1) is 10.1 Å². The molecule has 0 radical (unpaired) electrons. The van der Waals surface area contributed by atoms with Gasteiger partial charge < -0.3 is 15.8 Å². The van der Waals surface area contributed by atoms with E-state index in [1.807, 2.05) is 6.07 Å². The number of nitrogens with one attached hydrogen (secondary N) is 1. The number of para-hydroxylation sites is 1. The Hall–Kier alpha value is -2.28. The summed E-state index contributed by atoms with van der Waals surface area (Å²) < 4.78 is 6.04. The lowest BCUT2D eigenvalue weighted by Crippen LogP contribution is -2.02. The van der Waals surface area contributed by atoms with Crippen molar-refractivity contribution in [3.05, 3.63) is 51.0 Å². The van der Waals surface area contributed by atoms with E-state index in [1.165, 1.54) is 13.2 Å². The Morgan fingerprint density at radius 1 is 1.30 bits per heavy atom. The molecule has 0 fully saturated rings. The maximum Gasteiger partial charge on any atom is 0.315 e. The van der Waals surface area contributed by atoms with Crippen LogP contribution in [0.25, 0.3) is 0 Å². The maximum absolute atomic E-state index is 11.1. The van der Waals surface area contributed by atoms with Gasteiger partial charge in [0.05, 0.1) is 17.7 Å². The molecule has 104 valence electrons. The third kappa shape index (κ3) is 2.83. The molecule has 0 saturated heterocycles. The Morgan fingerprint density at radius 2 is 2.05 bits per heavy atom. The van der Waals surface area contributed by atoms with Gasteiger partial charge >= 0.3 is 5.69 Å². The van der Waals surface area contributed by atoms with Crippen molar-refractivity contribution in [2.24, 2.45) is 0 Å². The largest absolute Gasteiger partial charge is 0.495 e. The predicted octanol–water partition coefficient (Wildman–Crippen LogP) is 3.69. The zero-order valence-corrected chi connectivity index (χ0v) is 12.2. The number of benzene rings is 2. The van der Waals surface area contributed by atoms with Gasteiger partial charge in [-0.05, 0) is 30.3 Å². The van der Waals surface area contributed by atoms with Crippen LogP contribution in [-0.4, -0.2) is 12.0 Å². The Bertz CT molecular complexity index is 661. The van der Waals surface area contributed by atoms with E-state index in [0.29, 0.717) is 17.1 Å². The highest BCUT2D eigenvalue weighted by atomic mass is 79.9. The molecule has 0 aliphatic heterocycles. The van der Waals surface area contributed by atoms with Gasteiger partial charge in [-0.15, -0.1) is 0 Å². The van der Waals surface area contributed by atoms with E-state index >= 15 is 0 Å². The number of nitrogen functional groups attached to an aromatic ring is 1. The minimum absolute atomic E-state index is 0.106. The third-order valence-electron chi connectivity index (χ3n) is 2.68. The van der Waals surface area contributed by atoms with Gasteiger partial charge in [0, 0.05) is 4.47 Å². The highest BCUT2D eigenvalue weighted by molar-refractivity contribution is 9.10. The number of ether oxygens (including phenoxy) is 1. The molecule has 0 amide bonds. The SMILES string of the molecule is COc1ccc(Br)cc1Nc1cccc(N)c1[N+](=O)[O-]. The van der Waals surface area contributed by atoms with Gasteiger partial charge in [-0.3, -0.25) is 10.1 Å². The maximum atomic E-state index is 11.1. The average Bonchev–Trinajstić information content (AvgIpc) is 2.38. The van der Waals surface area contributed by atoms with Crippen molar-refractivity contribution in [3.63, 3.8) is 0 Å². The quantitative estimate of drug-likeness (QED) is 0.504. The second-order valence-corrected chi connectivity index (χ2v) is 4.89. The molecule has 2 rings (SSSR count). The molecule has 2 aromatic carbocycles. The van der Waals surface area contributed by atoms with Crippen molar-refractivity contribution in [3.8, 4) is 5.75 Å². The average molecular weight is 338 g/mol. The number of nitrogens with zero attached hydrogens (tertiary/aromatic N) is 1. The summed E-state index contributed by atoms with van der Waals surface area (Å²) in [4.78, 5) is 10.6. The van der Waals surface area contributed by atoms with E-state index in [0.717, 1.165) is 4.47 Å². The number of nitrogens with two attached hydrogens (primary N) is 1. The molecule has 0 aliphatic rings. The normalized spacial score (nSPS) is 10.1. The second kappa shape index (κ2) is 5.79. The van der Waals surface area contributed by atoms with Gasteiger partial charge in [0.15, 0.2) is 0 Å². The topological polar surface area (TPSA) is 90.4 Å². The number of nitro groups is 1. The van der Waals surface area contributed by atoms with Crippen LogP contribution in [-0.2, 0) is 0 Å². The zero-order chi connectivity index (χ0) is 14.7. The van der Waals surface area contributed by atoms with Crippen molar-refractivity contribution in [2.45, 2.75) is 0 Å². The predicted molar refractivity (Wildman–Crippen MR) is 81.5 cm³/mol. The van der Waals surface area contributed by atoms with Gasteiger partial charge in [0.25, 0.3) is 0 Å². The third-order valence-corrected chi connectivity index (χ3v) is 3.17. The first kappa shape index (κ1) is 14.1. The molecule has 0 saturated carbocycles. The lowest BCUT2D eigenvalue weighted by Gasteiger charge is -2.12. The Morgan fingerprint density at radius 3 is 2.70 bits per heavy atom. The molecule has 0 unspecified atom stereocenters. The van der Waals surface area contributed by atoms with Gasteiger partial charge in [-0.25, -0.2) is 0 Å². The van der Waals surface area contributed by atoms with E-state index in [-0.39, 0.29) is 11.4 Å². The van der Waals surface area contributed by atoms with Crippen LogP contribution >= 0.6 is 15.9 Å². The zero-order valence-electron chi connectivity index (χ0n) is 10.6. The number of hydrogen-bond donors (Lipinski definition) is 2. The lowest BCUT2D eigenvalue weighted by molar-refractivity contribution is -0.383. The number of anilines is 3. The highest BCUT2D eigenvalue weighted by Gasteiger charge is 2.18. The van der Waals surface area contributed by atoms with Gasteiger partial charge in [-0.2, -0.15) is 0 Å². The van der Waals surface area contributed by atoms with Crippen LogP contribution in [0.15, 0.2) is 40.9 Å². The summed E-state index contributed by atoms with van der Waals surface area (Å²) in [5, 5.41) is 14.1. The van der Waals surface area contributed by atoms with Crippen molar-refractivity contribution in [1.82, 2.24) is 0 Å². The van der Waals surface area contributed by atoms with Crippen LogP contribution in [0.3, 0.4) is 0 Å². The fraction of sp³-hybridized carbons (Fsp3) is 0.0769. The molecule has 0 aliphatic carbocycles. The van der Waals surface area contributed by atoms with Crippen LogP contribution in [0.2, 0.25) is 0 Å². The first-order valence-corrected chi connectivity index (χ1v) is 6.45. The second-order valence-electron chi connectivity index (χ2n) is 3.97. The summed E-state index contributed by atoms with van der Waals surface area (Å²) >= 11 is 3.35. The molecule has 20 heavy (non-hydrogen) atoms. The number of rotatable bonds is 4. The first-order valence-electron chi connectivity index (χ1n) is 5.66. The van der Waals surface area contributed by atoms with Crippen molar-refractivity contribution in [2.75, 3.05) is 18.2 Å². The van der Waals surface area contributed by atoms with Crippen LogP contribution in [0.4, 0.5) is 22.7 Å². The fourth-order valence-electron chi connectivity index (χ4n) is 1.79. The Balaban J connectivity index is 2.48. The first-order chi connectivity index (χ1) is 9.52. The molecule has 0 spiro atoms. The molecule has 0 heterocycles. The summed E-state index contributed by atoms with van der Waals surface area (Å²) in [5.41, 5.74) is 6.52. The van der Waals surface area contributed by atoms with Crippen molar-refractivity contribution < 1.29 is 9.66 Å². The molecular weight excluding hydrogens is 326 g/mol. The summed E-state index contributed by atoms with van der Waals surface area (Å²) in [6.07, 6.45) is 0. The molecule has 0 atom stereocenters. The molecule has 3 N–H and O–H groups in total.